The van der Waals surface area contributed by atoms with Crippen LogP contribution in [-0.4, -0.2) is 15.0 Å². The molecule has 0 bridgehead atoms. The molecule has 0 amide bonds. The van der Waals surface area contributed by atoms with Gasteiger partial charge in [-0.15, -0.1) is 6.42 Å². The topological polar surface area (TPSA) is 41.9 Å². The van der Waals surface area contributed by atoms with Crippen molar-refractivity contribution in [3.05, 3.63) is 82.5 Å². The van der Waals surface area contributed by atoms with E-state index in [1.165, 1.54) is 0 Å². The van der Waals surface area contributed by atoms with Gasteiger partial charge >= 0.3 is 6.18 Å². The minimum atomic E-state index is -4.66. The van der Waals surface area contributed by atoms with Crippen molar-refractivity contribution in [2.75, 3.05) is 4.90 Å². The predicted molar refractivity (Wildman–Crippen MR) is 101 cm³/mol. The average Bonchev–Trinajstić information content (AvgIpc) is 2.68. The van der Waals surface area contributed by atoms with Gasteiger partial charge in [-0.3, -0.25) is 9.97 Å². The first kappa shape index (κ1) is 19.6. The van der Waals surface area contributed by atoms with Gasteiger partial charge in [0.15, 0.2) is 0 Å². The van der Waals surface area contributed by atoms with Crippen LogP contribution in [0.4, 0.5) is 19.0 Å². The van der Waals surface area contributed by atoms with E-state index in [0.717, 1.165) is 6.07 Å². The molecule has 3 aromatic rings. The first-order valence-corrected chi connectivity index (χ1v) is 8.55. The van der Waals surface area contributed by atoms with Crippen molar-refractivity contribution in [2.24, 2.45) is 0 Å². The van der Waals surface area contributed by atoms with E-state index in [9.17, 15) is 13.2 Å². The highest BCUT2D eigenvalue weighted by atomic mass is 35.5. The van der Waals surface area contributed by atoms with Gasteiger partial charge in [0.2, 0.25) is 0 Å². The van der Waals surface area contributed by atoms with Gasteiger partial charge in [-0.2, -0.15) is 13.2 Å². The highest BCUT2D eigenvalue weighted by molar-refractivity contribution is 6.32. The summed E-state index contributed by atoms with van der Waals surface area (Å²) < 4.78 is 40.3. The second-order valence-electron chi connectivity index (χ2n) is 5.83. The molecule has 8 heteroatoms. The fourth-order valence-corrected chi connectivity index (χ4v) is 2.83. The number of halogens is 4. The van der Waals surface area contributed by atoms with Crippen LogP contribution in [0.3, 0.4) is 0 Å². The van der Waals surface area contributed by atoms with Crippen LogP contribution in [0.2, 0.25) is 5.02 Å². The summed E-state index contributed by atoms with van der Waals surface area (Å²) in [5, 5.41) is -0.589. The number of hydrogen-bond acceptors (Lipinski definition) is 4. The number of anilines is 1. The van der Waals surface area contributed by atoms with Crippen molar-refractivity contribution in [1.29, 1.82) is 0 Å². The smallest absolute Gasteiger partial charge is 0.345 e. The number of rotatable bonds is 5. The Kier molecular flexibility index (Phi) is 5.81. The number of nitrogens with zero attached hydrogens (tertiary/aromatic N) is 4. The first-order valence-electron chi connectivity index (χ1n) is 8.17. The monoisotopic (exact) mass is 402 g/mol. The third-order valence-corrected chi connectivity index (χ3v) is 4.25. The molecule has 3 heterocycles. The van der Waals surface area contributed by atoms with Crippen LogP contribution in [0.25, 0.3) is 0 Å². The van der Waals surface area contributed by atoms with Crippen molar-refractivity contribution in [2.45, 2.75) is 19.3 Å². The van der Waals surface area contributed by atoms with Crippen molar-refractivity contribution in [1.82, 2.24) is 15.0 Å². The standard InChI is InChI=1S/C20H14ClF3N4/c1-2-17-19(21)16(20(22,23)24)11-18(27-17)28(12-14-7-3-5-9-25-14)13-15-8-4-6-10-26-15/h1,3-11H,12-13H2. The second-order valence-corrected chi connectivity index (χ2v) is 6.21. The molecular formula is C20H14ClF3N4. The summed E-state index contributed by atoms with van der Waals surface area (Å²) in [6.45, 7) is 0.431. The summed E-state index contributed by atoms with van der Waals surface area (Å²) >= 11 is 5.82. The molecule has 3 rings (SSSR count). The molecule has 0 aliphatic rings. The van der Waals surface area contributed by atoms with Crippen molar-refractivity contribution in [3.8, 4) is 12.3 Å². The predicted octanol–water partition coefficient (Wildman–Crippen LogP) is 4.73. The molecule has 0 aliphatic carbocycles. The molecule has 0 saturated heterocycles. The first-order chi connectivity index (χ1) is 13.4. The maximum Gasteiger partial charge on any atom is 0.418 e. The molecule has 28 heavy (non-hydrogen) atoms. The van der Waals surface area contributed by atoms with E-state index in [-0.39, 0.29) is 24.6 Å². The van der Waals surface area contributed by atoms with E-state index in [1.54, 1.807) is 53.7 Å². The highest BCUT2D eigenvalue weighted by Crippen LogP contribution is 2.38. The summed E-state index contributed by atoms with van der Waals surface area (Å²) in [6, 6.07) is 11.5. The third kappa shape index (κ3) is 4.59. The second kappa shape index (κ2) is 8.28. The van der Waals surface area contributed by atoms with Crippen molar-refractivity contribution in [3.63, 3.8) is 0 Å². The van der Waals surface area contributed by atoms with Crippen LogP contribution < -0.4 is 4.90 Å². The zero-order valence-electron chi connectivity index (χ0n) is 14.5. The Balaban J connectivity index is 2.07. The summed E-state index contributed by atoms with van der Waals surface area (Å²) in [5.74, 6) is 2.17. The van der Waals surface area contributed by atoms with Gasteiger partial charge in [0.1, 0.15) is 11.5 Å². The van der Waals surface area contributed by atoms with E-state index >= 15 is 0 Å². The van der Waals surface area contributed by atoms with Gasteiger partial charge in [0.25, 0.3) is 0 Å². The number of pyridine rings is 3. The van der Waals surface area contributed by atoms with Crippen molar-refractivity contribution < 1.29 is 13.2 Å². The lowest BCUT2D eigenvalue weighted by Gasteiger charge is -2.25. The van der Waals surface area contributed by atoms with E-state index < -0.39 is 16.8 Å². The largest absolute Gasteiger partial charge is 0.418 e. The van der Waals surface area contributed by atoms with Gasteiger partial charge in [-0.05, 0) is 36.3 Å². The summed E-state index contributed by atoms with van der Waals surface area (Å²) in [6.07, 6.45) is 3.88. The van der Waals surface area contributed by atoms with Crippen LogP contribution in [0.5, 0.6) is 0 Å². The summed E-state index contributed by atoms with van der Waals surface area (Å²) in [5.41, 5.74) is 0.0229. The minimum absolute atomic E-state index is 0.0426. The Hall–Kier alpha value is -3.11. The molecule has 4 nitrogen and oxygen atoms in total. The Bertz CT molecular complexity index is 945. The molecule has 0 saturated carbocycles. The van der Waals surface area contributed by atoms with E-state index in [2.05, 4.69) is 20.9 Å². The maximum atomic E-state index is 13.4. The molecule has 142 valence electrons. The Labute approximate surface area is 165 Å². The fraction of sp³-hybridized carbons (Fsp3) is 0.150. The fourth-order valence-electron chi connectivity index (χ4n) is 2.57. The normalized spacial score (nSPS) is 11.1. The van der Waals surface area contributed by atoms with Gasteiger partial charge < -0.3 is 4.90 Å². The number of terminal acetylenes is 1. The molecule has 0 atom stereocenters. The Morgan fingerprint density at radius 3 is 2.00 bits per heavy atom. The van der Waals surface area contributed by atoms with E-state index in [1.807, 2.05) is 0 Å². The lowest BCUT2D eigenvalue weighted by Crippen LogP contribution is -2.25. The molecule has 0 fully saturated rings. The van der Waals surface area contributed by atoms with Gasteiger partial charge in [-0.1, -0.05) is 23.7 Å². The van der Waals surface area contributed by atoms with Gasteiger partial charge in [0, 0.05) is 12.4 Å². The van der Waals surface area contributed by atoms with E-state index in [0.29, 0.717) is 11.4 Å². The van der Waals surface area contributed by atoms with Crippen LogP contribution in [-0.2, 0) is 19.3 Å². The van der Waals surface area contributed by atoms with Crippen LogP contribution >= 0.6 is 11.6 Å². The zero-order chi connectivity index (χ0) is 20.1. The third-order valence-electron chi connectivity index (χ3n) is 3.87. The molecule has 0 aromatic carbocycles. The minimum Gasteiger partial charge on any atom is -0.345 e. The van der Waals surface area contributed by atoms with E-state index in [4.69, 9.17) is 18.0 Å². The molecule has 0 radical (unpaired) electrons. The molecule has 0 spiro atoms. The van der Waals surface area contributed by atoms with Crippen LogP contribution in [0, 0.1) is 12.3 Å². The maximum absolute atomic E-state index is 13.4. The number of hydrogen-bond donors (Lipinski definition) is 0. The number of alkyl halides is 3. The van der Waals surface area contributed by atoms with Gasteiger partial charge in [-0.25, -0.2) is 4.98 Å². The summed E-state index contributed by atoms with van der Waals surface area (Å²) in [7, 11) is 0. The summed E-state index contributed by atoms with van der Waals surface area (Å²) in [4.78, 5) is 14.3. The lowest BCUT2D eigenvalue weighted by molar-refractivity contribution is -0.137. The molecule has 0 unspecified atom stereocenters. The highest BCUT2D eigenvalue weighted by Gasteiger charge is 2.35. The number of aromatic nitrogens is 3. The van der Waals surface area contributed by atoms with Crippen LogP contribution in [0.15, 0.2) is 54.9 Å². The molecule has 0 N–H and O–H groups in total. The Morgan fingerprint density at radius 1 is 1.00 bits per heavy atom. The average molecular weight is 403 g/mol. The lowest BCUT2D eigenvalue weighted by atomic mass is 10.2. The molecule has 3 aromatic heterocycles. The molecule has 0 aliphatic heterocycles. The molecular weight excluding hydrogens is 389 g/mol. The van der Waals surface area contributed by atoms with Crippen LogP contribution in [0.1, 0.15) is 22.6 Å². The van der Waals surface area contributed by atoms with Crippen molar-refractivity contribution >= 4 is 17.4 Å². The SMILES string of the molecule is C#Cc1nc(N(Cc2ccccn2)Cc2ccccn2)cc(C(F)(F)F)c1Cl. The quantitative estimate of drug-likeness (QED) is 0.578. The Morgan fingerprint density at radius 2 is 1.57 bits per heavy atom. The zero-order valence-corrected chi connectivity index (χ0v) is 15.2. The van der Waals surface area contributed by atoms with Gasteiger partial charge in [0.05, 0.1) is 35.1 Å².